The van der Waals surface area contributed by atoms with E-state index in [1.165, 1.54) is 0 Å². The largest absolute Gasteiger partial charge is 0.492 e. The van der Waals surface area contributed by atoms with Gasteiger partial charge in [0.2, 0.25) is 0 Å². The van der Waals surface area contributed by atoms with Gasteiger partial charge >= 0.3 is 0 Å². The van der Waals surface area contributed by atoms with Crippen LogP contribution < -0.4 is 10.5 Å². The van der Waals surface area contributed by atoms with Crippen LogP contribution in [-0.4, -0.2) is 22.7 Å². The second-order valence-corrected chi connectivity index (χ2v) is 3.78. The normalized spacial score (nSPS) is 10.4. The minimum Gasteiger partial charge on any atom is -0.492 e. The molecule has 0 saturated heterocycles. The van der Waals surface area contributed by atoms with Crippen molar-refractivity contribution in [3.63, 3.8) is 0 Å². The molecule has 0 fully saturated rings. The molecule has 0 unspecified atom stereocenters. The summed E-state index contributed by atoms with van der Waals surface area (Å²) in [5.74, 6) is 0.896. The Morgan fingerprint density at radius 1 is 1.24 bits per heavy atom. The summed E-state index contributed by atoms with van der Waals surface area (Å²) in [5.41, 5.74) is 6.69. The molecule has 4 nitrogen and oxygen atoms in total. The van der Waals surface area contributed by atoms with Crippen LogP contribution in [0, 0.1) is 0 Å². The van der Waals surface area contributed by atoms with Gasteiger partial charge in [0.25, 0.3) is 0 Å². The molecule has 2 N–H and O–H groups in total. The number of aromatic nitrogens is 2. The van der Waals surface area contributed by atoms with Crippen molar-refractivity contribution in [3.8, 4) is 5.75 Å². The van der Waals surface area contributed by atoms with Crippen molar-refractivity contribution < 1.29 is 4.74 Å². The van der Waals surface area contributed by atoms with Crippen LogP contribution in [0.1, 0.15) is 5.69 Å². The first-order chi connectivity index (χ1) is 8.40. The number of hydrogen-bond acceptors (Lipinski definition) is 3. The van der Waals surface area contributed by atoms with Crippen molar-refractivity contribution >= 4 is 0 Å². The van der Waals surface area contributed by atoms with Crippen molar-refractivity contribution in [2.75, 3.05) is 13.2 Å². The maximum Gasteiger partial charge on any atom is 0.119 e. The molecule has 0 bridgehead atoms. The molecule has 0 radical (unpaired) electrons. The molecular weight excluding hydrogens is 214 g/mol. The maximum absolute atomic E-state index is 5.63. The lowest BCUT2D eigenvalue weighted by Gasteiger charge is -2.09. The van der Waals surface area contributed by atoms with Crippen LogP contribution in [0.15, 0.2) is 42.9 Å². The van der Waals surface area contributed by atoms with Crippen LogP contribution in [0.4, 0.5) is 0 Å². The van der Waals surface area contributed by atoms with Gasteiger partial charge in [-0.15, -0.1) is 0 Å². The monoisotopic (exact) mass is 231 g/mol. The van der Waals surface area contributed by atoms with Crippen LogP contribution >= 0.6 is 0 Å². The summed E-state index contributed by atoms with van der Waals surface area (Å²) in [6, 6.07) is 9.81. The molecule has 0 atom stereocenters. The van der Waals surface area contributed by atoms with Crippen LogP contribution in [0.25, 0.3) is 0 Å². The van der Waals surface area contributed by atoms with Crippen molar-refractivity contribution in [3.05, 3.63) is 48.5 Å². The summed E-state index contributed by atoms with van der Waals surface area (Å²) in [6.07, 6.45) is 4.53. The first-order valence-electron chi connectivity index (χ1n) is 5.77. The van der Waals surface area contributed by atoms with Crippen LogP contribution in [0.2, 0.25) is 0 Å². The third kappa shape index (κ3) is 3.32. The Balaban J connectivity index is 1.84. The molecular formula is C13H17N3O. The zero-order valence-electron chi connectivity index (χ0n) is 9.75. The van der Waals surface area contributed by atoms with Gasteiger partial charge in [0.05, 0.1) is 12.9 Å². The lowest BCUT2D eigenvalue weighted by atomic mass is 10.3. The van der Waals surface area contributed by atoms with E-state index < -0.39 is 0 Å². The third-order valence-electron chi connectivity index (χ3n) is 2.54. The van der Waals surface area contributed by atoms with E-state index in [0.29, 0.717) is 13.2 Å². The van der Waals surface area contributed by atoms with Gasteiger partial charge in [-0.25, -0.2) is 4.98 Å². The molecule has 0 spiro atoms. The van der Waals surface area contributed by atoms with E-state index in [9.17, 15) is 0 Å². The topological polar surface area (TPSA) is 53.1 Å². The van der Waals surface area contributed by atoms with Gasteiger partial charge in [0.15, 0.2) is 0 Å². The third-order valence-corrected chi connectivity index (χ3v) is 2.54. The quantitative estimate of drug-likeness (QED) is 0.819. The Morgan fingerprint density at radius 2 is 2.06 bits per heavy atom. The van der Waals surface area contributed by atoms with E-state index in [0.717, 1.165) is 24.4 Å². The average molecular weight is 231 g/mol. The number of hydrogen-bond donors (Lipinski definition) is 1. The highest BCUT2D eigenvalue weighted by molar-refractivity contribution is 5.20. The van der Waals surface area contributed by atoms with Gasteiger partial charge in [0.1, 0.15) is 12.4 Å². The number of nitrogens with zero attached hydrogens (tertiary/aromatic N) is 2. The Kier molecular flexibility index (Phi) is 4.16. The molecule has 90 valence electrons. The van der Waals surface area contributed by atoms with Crippen LogP contribution in [-0.2, 0) is 13.0 Å². The maximum atomic E-state index is 5.63. The zero-order valence-corrected chi connectivity index (χ0v) is 9.75. The highest BCUT2D eigenvalue weighted by atomic mass is 16.5. The molecule has 0 aliphatic carbocycles. The standard InChI is InChI=1S/C13H17N3O/c14-7-6-12-10-15-11-16(12)8-9-17-13-4-2-1-3-5-13/h1-5,10-11H,6-9,14H2. The molecule has 0 saturated carbocycles. The first kappa shape index (κ1) is 11.7. The molecule has 4 heteroatoms. The van der Waals surface area contributed by atoms with Gasteiger partial charge in [-0.3, -0.25) is 0 Å². The number of rotatable bonds is 6. The van der Waals surface area contributed by atoms with Crippen molar-refractivity contribution in [1.29, 1.82) is 0 Å². The summed E-state index contributed by atoms with van der Waals surface area (Å²) in [5, 5.41) is 0. The van der Waals surface area contributed by atoms with Gasteiger partial charge < -0.3 is 15.0 Å². The van der Waals surface area contributed by atoms with Crippen molar-refractivity contribution in [2.45, 2.75) is 13.0 Å². The van der Waals surface area contributed by atoms with Gasteiger partial charge in [-0.1, -0.05) is 18.2 Å². The van der Waals surface area contributed by atoms with Crippen molar-refractivity contribution in [2.24, 2.45) is 5.73 Å². The fourth-order valence-electron chi connectivity index (χ4n) is 1.68. The lowest BCUT2D eigenvalue weighted by Crippen LogP contribution is -2.12. The SMILES string of the molecule is NCCc1cncn1CCOc1ccccc1. The Morgan fingerprint density at radius 3 is 2.82 bits per heavy atom. The number of para-hydroxylation sites is 1. The van der Waals surface area contributed by atoms with E-state index in [2.05, 4.69) is 9.55 Å². The molecule has 0 aliphatic heterocycles. The summed E-state index contributed by atoms with van der Waals surface area (Å²) < 4.78 is 7.71. The van der Waals surface area contributed by atoms with E-state index >= 15 is 0 Å². The van der Waals surface area contributed by atoms with Gasteiger partial charge in [-0.05, 0) is 18.7 Å². The predicted molar refractivity (Wildman–Crippen MR) is 66.9 cm³/mol. The second-order valence-electron chi connectivity index (χ2n) is 3.78. The van der Waals surface area contributed by atoms with Crippen LogP contribution in [0.5, 0.6) is 5.75 Å². The zero-order chi connectivity index (χ0) is 11.9. The number of benzene rings is 1. The molecule has 1 heterocycles. The highest BCUT2D eigenvalue weighted by Crippen LogP contribution is 2.08. The molecule has 2 aromatic rings. The number of ether oxygens (including phenoxy) is 1. The lowest BCUT2D eigenvalue weighted by molar-refractivity contribution is 0.296. The Labute approximate surface area is 101 Å². The predicted octanol–water partition coefficient (Wildman–Crippen LogP) is 1.46. The van der Waals surface area contributed by atoms with E-state index in [1.807, 2.05) is 42.9 Å². The molecule has 1 aromatic heterocycles. The second kappa shape index (κ2) is 6.06. The van der Waals surface area contributed by atoms with E-state index in [4.69, 9.17) is 10.5 Å². The van der Waals surface area contributed by atoms with Gasteiger partial charge in [0, 0.05) is 18.3 Å². The molecule has 2 rings (SSSR count). The van der Waals surface area contributed by atoms with Gasteiger partial charge in [-0.2, -0.15) is 0 Å². The molecule has 17 heavy (non-hydrogen) atoms. The smallest absolute Gasteiger partial charge is 0.119 e. The Bertz CT molecular complexity index is 439. The first-order valence-corrected chi connectivity index (χ1v) is 5.77. The number of imidazole rings is 1. The summed E-state index contributed by atoms with van der Waals surface area (Å²) in [4.78, 5) is 4.12. The summed E-state index contributed by atoms with van der Waals surface area (Å²) in [6.45, 7) is 2.08. The highest BCUT2D eigenvalue weighted by Gasteiger charge is 2.00. The van der Waals surface area contributed by atoms with Crippen LogP contribution in [0.3, 0.4) is 0 Å². The molecule has 1 aromatic carbocycles. The minimum absolute atomic E-state index is 0.637. The summed E-state index contributed by atoms with van der Waals surface area (Å²) in [7, 11) is 0. The van der Waals surface area contributed by atoms with Crippen molar-refractivity contribution in [1.82, 2.24) is 9.55 Å². The summed E-state index contributed by atoms with van der Waals surface area (Å²) >= 11 is 0. The minimum atomic E-state index is 0.637. The van der Waals surface area contributed by atoms with E-state index in [1.54, 1.807) is 0 Å². The Hall–Kier alpha value is -1.81. The van der Waals surface area contributed by atoms with E-state index in [-0.39, 0.29) is 0 Å². The molecule has 0 aliphatic rings. The number of nitrogens with two attached hydrogens (primary N) is 1. The molecule has 0 amide bonds. The fourth-order valence-corrected chi connectivity index (χ4v) is 1.68. The fraction of sp³-hybridized carbons (Fsp3) is 0.308. The average Bonchev–Trinajstić information content (AvgIpc) is 2.79.